The van der Waals surface area contributed by atoms with Crippen LogP contribution in [0.2, 0.25) is 0 Å². The molecule has 0 aromatic heterocycles. The third-order valence-corrected chi connectivity index (χ3v) is 4.43. The number of carbonyl (C=O) groups is 1. The van der Waals surface area contributed by atoms with Gasteiger partial charge in [0.2, 0.25) is 0 Å². The maximum atomic E-state index is 12.4. The number of hydrogen-bond donors (Lipinski definition) is 0. The second-order valence-corrected chi connectivity index (χ2v) is 6.33. The van der Waals surface area contributed by atoms with Crippen molar-refractivity contribution in [1.29, 1.82) is 5.26 Å². The molecule has 10 heteroatoms. The molecule has 0 aliphatic carbocycles. The minimum Gasteiger partial charge on any atom is -0.444 e. The van der Waals surface area contributed by atoms with Crippen LogP contribution in [-0.2, 0) is 16.1 Å². The average molecular weight is 373 g/mol. The number of nitro groups is 1. The van der Waals surface area contributed by atoms with Gasteiger partial charge in [-0.05, 0) is 24.1 Å². The van der Waals surface area contributed by atoms with Crippen LogP contribution >= 0.6 is 0 Å². The van der Waals surface area contributed by atoms with Crippen molar-refractivity contribution in [3.63, 3.8) is 0 Å². The molecule has 142 valence electrons. The van der Waals surface area contributed by atoms with Gasteiger partial charge in [-0.1, -0.05) is 12.1 Å². The standard InChI is InChI=1S/C17H19N5O5/c18-9-13-2-1-3-14(8-13)12-27-17(23)21-6-5-20(16(21)19-22(24)25)10-15-4-7-26-11-15/h1-3,8,15H,4-7,10-12H2. The molecule has 0 saturated carbocycles. The number of carbonyl (C=O) groups excluding carboxylic acids is 1. The Morgan fingerprint density at radius 2 is 2.33 bits per heavy atom. The summed E-state index contributed by atoms with van der Waals surface area (Å²) < 4.78 is 10.6. The fourth-order valence-electron chi connectivity index (χ4n) is 3.12. The zero-order valence-corrected chi connectivity index (χ0v) is 14.6. The molecule has 1 amide bonds. The SMILES string of the molecule is N#Cc1cccc(COC(=O)N2CCN(CC3CCOC3)C2=N[N+](=O)[O-])c1. The number of ether oxygens (including phenoxy) is 2. The predicted molar refractivity (Wildman–Crippen MR) is 93.0 cm³/mol. The summed E-state index contributed by atoms with van der Waals surface area (Å²) in [6, 6.07) is 8.72. The van der Waals surface area contributed by atoms with Crippen molar-refractivity contribution in [1.82, 2.24) is 9.80 Å². The first-order valence-electron chi connectivity index (χ1n) is 8.56. The minimum atomic E-state index is -0.810. The summed E-state index contributed by atoms with van der Waals surface area (Å²) in [4.78, 5) is 26.2. The molecule has 27 heavy (non-hydrogen) atoms. The van der Waals surface area contributed by atoms with E-state index in [-0.39, 0.29) is 25.0 Å². The lowest BCUT2D eigenvalue weighted by molar-refractivity contribution is -0.486. The van der Waals surface area contributed by atoms with Gasteiger partial charge < -0.3 is 14.4 Å². The molecule has 10 nitrogen and oxygen atoms in total. The summed E-state index contributed by atoms with van der Waals surface area (Å²) in [6.07, 6.45) is 0.171. The lowest BCUT2D eigenvalue weighted by Crippen LogP contribution is -2.40. The van der Waals surface area contributed by atoms with Gasteiger partial charge in [0, 0.05) is 25.6 Å². The molecule has 0 spiro atoms. The Balaban J connectivity index is 1.65. The minimum absolute atomic E-state index is 0.0114. The Morgan fingerprint density at radius 3 is 3.04 bits per heavy atom. The van der Waals surface area contributed by atoms with Gasteiger partial charge in [-0.15, -0.1) is 0 Å². The van der Waals surface area contributed by atoms with Crippen LogP contribution in [0.4, 0.5) is 4.79 Å². The lowest BCUT2D eigenvalue weighted by Gasteiger charge is -2.21. The molecule has 0 N–H and O–H groups in total. The van der Waals surface area contributed by atoms with E-state index in [0.717, 1.165) is 6.42 Å². The van der Waals surface area contributed by atoms with Crippen molar-refractivity contribution in [2.24, 2.45) is 11.0 Å². The number of nitrogens with zero attached hydrogens (tertiary/aromatic N) is 5. The smallest absolute Gasteiger partial charge is 0.417 e. The first kappa shape index (κ1) is 18.6. The molecule has 1 aromatic carbocycles. The molecular weight excluding hydrogens is 354 g/mol. The van der Waals surface area contributed by atoms with Gasteiger partial charge in [0.25, 0.3) is 5.96 Å². The molecule has 2 saturated heterocycles. The molecule has 1 unspecified atom stereocenters. The highest BCUT2D eigenvalue weighted by atomic mass is 16.7. The van der Waals surface area contributed by atoms with Crippen LogP contribution in [-0.4, -0.2) is 59.7 Å². The van der Waals surface area contributed by atoms with E-state index >= 15 is 0 Å². The second-order valence-electron chi connectivity index (χ2n) is 6.33. The molecule has 2 aliphatic rings. The van der Waals surface area contributed by atoms with Crippen molar-refractivity contribution in [3.05, 3.63) is 45.5 Å². The van der Waals surface area contributed by atoms with Gasteiger partial charge in [0.05, 0.1) is 24.8 Å². The number of amides is 1. The zero-order valence-electron chi connectivity index (χ0n) is 14.6. The maximum absolute atomic E-state index is 12.4. The number of rotatable bonds is 5. The number of hydrazone groups is 1. The number of guanidine groups is 1. The van der Waals surface area contributed by atoms with Crippen molar-refractivity contribution >= 4 is 12.1 Å². The van der Waals surface area contributed by atoms with E-state index < -0.39 is 11.1 Å². The van der Waals surface area contributed by atoms with E-state index in [9.17, 15) is 14.9 Å². The monoisotopic (exact) mass is 373 g/mol. The molecular formula is C17H19N5O5. The van der Waals surface area contributed by atoms with E-state index in [2.05, 4.69) is 5.10 Å². The first-order chi connectivity index (χ1) is 13.1. The van der Waals surface area contributed by atoms with Crippen molar-refractivity contribution in [3.8, 4) is 6.07 Å². The fraction of sp³-hybridized carbons (Fsp3) is 0.471. The van der Waals surface area contributed by atoms with Crippen molar-refractivity contribution in [2.75, 3.05) is 32.8 Å². The molecule has 1 atom stereocenters. The summed E-state index contributed by atoms with van der Waals surface area (Å²) in [5.41, 5.74) is 1.12. The van der Waals surface area contributed by atoms with Crippen LogP contribution in [0, 0.1) is 27.4 Å². The van der Waals surface area contributed by atoms with Crippen molar-refractivity contribution in [2.45, 2.75) is 13.0 Å². The number of hydrogen-bond acceptors (Lipinski definition) is 6. The highest BCUT2D eigenvalue weighted by Crippen LogP contribution is 2.19. The summed E-state index contributed by atoms with van der Waals surface area (Å²) in [6.45, 7) is 2.49. The Bertz CT molecular complexity index is 784. The van der Waals surface area contributed by atoms with Crippen LogP contribution < -0.4 is 0 Å². The van der Waals surface area contributed by atoms with Crippen LogP contribution in [0.1, 0.15) is 17.5 Å². The topological polar surface area (TPSA) is 121 Å². The Hall–Kier alpha value is -3.19. The molecule has 2 heterocycles. The molecule has 3 rings (SSSR count). The fourth-order valence-corrected chi connectivity index (χ4v) is 3.12. The average Bonchev–Trinajstić information content (AvgIpc) is 3.30. The summed E-state index contributed by atoms with van der Waals surface area (Å²) in [7, 11) is 0. The number of nitriles is 1. The van der Waals surface area contributed by atoms with Gasteiger partial charge in [-0.2, -0.15) is 5.26 Å². The van der Waals surface area contributed by atoms with Crippen LogP contribution in [0.3, 0.4) is 0 Å². The van der Waals surface area contributed by atoms with E-state index in [1.165, 1.54) is 4.90 Å². The molecule has 2 fully saturated rings. The molecule has 1 aromatic rings. The van der Waals surface area contributed by atoms with E-state index in [1.807, 2.05) is 6.07 Å². The van der Waals surface area contributed by atoms with Gasteiger partial charge in [-0.25, -0.2) is 19.8 Å². The molecule has 0 bridgehead atoms. The largest absolute Gasteiger partial charge is 0.444 e. The van der Waals surface area contributed by atoms with E-state index in [1.54, 1.807) is 29.2 Å². The Morgan fingerprint density at radius 1 is 1.48 bits per heavy atom. The van der Waals surface area contributed by atoms with Gasteiger partial charge in [0.1, 0.15) is 11.7 Å². The molecule has 2 aliphatic heterocycles. The van der Waals surface area contributed by atoms with E-state index in [4.69, 9.17) is 14.7 Å². The number of benzene rings is 1. The third kappa shape index (κ3) is 4.71. The summed E-state index contributed by atoms with van der Waals surface area (Å²) in [5, 5.41) is 22.4. The van der Waals surface area contributed by atoms with Crippen LogP contribution in [0.25, 0.3) is 0 Å². The van der Waals surface area contributed by atoms with Crippen LogP contribution in [0.5, 0.6) is 0 Å². The quantitative estimate of drug-likeness (QED) is 0.565. The second kappa shape index (κ2) is 8.46. The van der Waals surface area contributed by atoms with Gasteiger partial charge >= 0.3 is 6.09 Å². The highest BCUT2D eigenvalue weighted by molar-refractivity contribution is 5.95. The predicted octanol–water partition coefficient (Wildman–Crippen LogP) is 1.40. The maximum Gasteiger partial charge on any atom is 0.417 e. The van der Waals surface area contributed by atoms with Gasteiger partial charge in [0.15, 0.2) is 5.03 Å². The summed E-state index contributed by atoms with van der Waals surface area (Å²) in [5.74, 6) is 0.245. The third-order valence-electron chi connectivity index (χ3n) is 4.43. The highest BCUT2D eigenvalue weighted by Gasteiger charge is 2.36. The summed E-state index contributed by atoms with van der Waals surface area (Å²) >= 11 is 0. The van der Waals surface area contributed by atoms with Crippen molar-refractivity contribution < 1.29 is 19.3 Å². The molecule has 0 radical (unpaired) electrons. The normalized spacial score (nSPS) is 20.7. The zero-order chi connectivity index (χ0) is 19.2. The van der Waals surface area contributed by atoms with Crippen LogP contribution in [0.15, 0.2) is 29.4 Å². The van der Waals surface area contributed by atoms with E-state index in [0.29, 0.717) is 37.4 Å². The lowest BCUT2D eigenvalue weighted by atomic mass is 10.1. The Labute approximate surface area is 155 Å². The van der Waals surface area contributed by atoms with Gasteiger partial charge in [-0.3, -0.25) is 0 Å². The Kier molecular flexibility index (Phi) is 5.83. The first-order valence-corrected chi connectivity index (χ1v) is 8.56.